The van der Waals surface area contributed by atoms with Crippen molar-refractivity contribution in [2.45, 2.75) is 152 Å². The van der Waals surface area contributed by atoms with Crippen molar-refractivity contribution in [2.75, 3.05) is 25.4 Å². The van der Waals surface area contributed by atoms with Gasteiger partial charge in [0.05, 0.1) is 39.3 Å². The number of nitrogens with two attached hydrogens (primary N) is 1. The molecule has 3 aliphatic carbocycles. The third-order valence-electron chi connectivity index (χ3n) is 18.7. The zero-order valence-corrected chi connectivity index (χ0v) is 50.6. The first-order chi connectivity index (χ1) is 43.7. The van der Waals surface area contributed by atoms with Crippen molar-refractivity contribution in [1.82, 2.24) is 49.6 Å². The number of fused-ring (bicyclic) bond motifs is 6. The quantitative estimate of drug-likeness (QED) is 0.0678. The van der Waals surface area contributed by atoms with Gasteiger partial charge < -0.3 is 80.2 Å². The molecule has 0 radical (unpaired) electrons. The molecule has 12 atom stereocenters. The van der Waals surface area contributed by atoms with Crippen molar-refractivity contribution < 1.29 is 66.8 Å². The molecule has 9 heterocycles. The summed E-state index contributed by atoms with van der Waals surface area (Å²) in [5.74, 6) is -1.13. The van der Waals surface area contributed by atoms with Crippen molar-refractivity contribution >= 4 is 50.4 Å². The zero-order chi connectivity index (χ0) is 63.8. The van der Waals surface area contributed by atoms with Gasteiger partial charge in [-0.25, -0.2) is 41.9 Å². The van der Waals surface area contributed by atoms with Crippen molar-refractivity contribution in [1.29, 1.82) is 0 Å². The number of rotatable bonds is 9. The Morgan fingerprint density at radius 1 is 0.527 bits per heavy atom. The fourth-order valence-electron chi connectivity index (χ4n) is 14.0. The van der Waals surface area contributed by atoms with Gasteiger partial charge in [-0.1, -0.05) is 17.7 Å². The Morgan fingerprint density at radius 2 is 1.05 bits per heavy atom. The summed E-state index contributed by atoms with van der Waals surface area (Å²) in [4.78, 5) is 17.0. The Labute approximate surface area is 523 Å². The van der Waals surface area contributed by atoms with Crippen molar-refractivity contribution in [3.05, 3.63) is 164 Å². The second kappa shape index (κ2) is 25.2. The summed E-state index contributed by atoms with van der Waals surface area (Å²) in [5.41, 5.74) is 14.2. The lowest BCUT2D eigenvalue weighted by Crippen LogP contribution is -2.35. The summed E-state index contributed by atoms with van der Waals surface area (Å²) in [7, 11) is 0. The number of hydrogen-bond donors (Lipinski definition) is 10. The molecule has 0 saturated heterocycles. The second-order valence-corrected chi connectivity index (χ2v) is 24.8. The van der Waals surface area contributed by atoms with E-state index in [2.05, 4.69) is 42.0 Å². The van der Waals surface area contributed by atoms with Crippen LogP contribution in [0.2, 0.25) is 5.02 Å². The fraction of sp³-hybridized carbons (Fsp3) is 0.415. The van der Waals surface area contributed by atoms with Gasteiger partial charge in [0, 0.05) is 110 Å². The molecule has 0 unspecified atom stereocenters. The zero-order valence-electron chi connectivity index (χ0n) is 49.8. The van der Waals surface area contributed by atoms with E-state index in [-0.39, 0.29) is 41.2 Å². The van der Waals surface area contributed by atoms with Crippen LogP contribution < -0.4 is 35.9 Å². The molecule has 26 heteroatoms. The Balaban J connectivity index is 0.000000125. The van der Waals surface area contributed by atoms with Crippen molar-refractivity contribution in [2.24, 2.45) is 0 Å². The number of hydrogen-bond acceptors (Lipinski definition) is 17. The van der Waals surface area contributed by atoms with Gasteiger partial charge in [-0.15, -0.1) is 0 Å². The van der Waals surface area contributed by atoms with E-state index in [1.807, 2.05) is 19.9 Å². The Kier molecular flexibility index (Phi) is 17.2. The highest BCUT2D eigenvalue weighted by Gasteiger charge is 2.48. The summed E-state index contributed by atoms with van der Waals surface area (Å²) in [6.07, 6.45) is 2.37. The van der Waals surface area contributed by atoms with Gasteiger partial charge in [-0.3, -0.25) is 0 Å². The van der Waals surface area contributed by atoms with Crippen LogP contribution in [0.1, 0.15) is 87.7 Å². The number of anilines is 1. The minimum atomic E-state index is -1.25. The van der Waals surface area contributed by atoms with Gasteiger partial charge in [0.25, 0.3) is 0 Å². The highest BCUT2D eigenvalue weighted by atomic mass is 35.5. The maximum atomic E-state index is 14.6. The number of nitrogen functional groups attached to an aromatic ring is 1. The molecule has 3 fully saturated rings. The monoisotopic (exact) mass is 1280 g/mol. The molecule has 480 valence electrons. The molecular formula is C65H69ClF5N11O9. The van der Waals surface area contributed by atoms with Crippen LogP contribution in [-0.2, 0) is 38.9 Å². The van der Waals surface area contributed by atoms with Gasteiger partial charge in [-0.2, -0.15) is 0 Å². The third kappa shape index (κ3) is 11.5. The number of nitrogens with zero attached hydrogens (tertiary/aromatic N) is 7. The average Bonchev–Trinajstić information content (AvgIpc) is 1.71. The average molecular weight is 1280 g/mol. The lowest BCUT2D eigenvalue weighted by molar-refractivity contribution is -0.0167. The van der Waals surface area contributed by atoms with Gasteiger partial charge in [-0.05, 0) is 112 Å². The first kappa shape index (κ1) is 62.3. The molecule has 11 N–H and O–H groups in total. The second-order valence-electron chi connectivity index (χ2n) is 24.4. The molecule has 3 saturated carbocycles. The predicted octanol–water partition coefficient (Wildman–Crippen LogP) is 6.64. The van der Waals surface area contributed by atoms with Gasteiger partial charge in [0.1, 0.15) is 101 Å². The molecule has 0 amide bonds. The molecular weight excluding hydrogens is 1210 g/mol. The number of halogens is 6. The van der Waals surface area contributed by atoms with Crippen LogP contribution in [-0.4, -0.2) is 139 Å². The molecule has 0 bridgehead atoms. The van der Waals surface area contributed by atoms with Crippen LogP contribution in [0.3, 0.4) is 0 Å². The highest BCUT2D eigenvalue weighted by Crippen LogP contribution is 2.43. The molecule has 6 aliphatic rings. The van der Waals surface area contributed by atoms with E-state index in [0.29, 0.717) is 107 Å². The normalized spacial score (nSPS) is 26.0. The smallest absolute Gasteiger partial charge is 0.162 e. The lowest BCUT2D eigenvalue weighted by Gasteiger charge is -2.25. The molecule has 20 nitrogen and oxygen atoms in total. The summed E-state index contributed by atoms with van der Waals surface area (Å²) >= 11 is 6.32. The van der Waals surface area contributed by atoms with E-state index < -0.39 is 90.5 Å². The maximum Gasteiger partial charge on any atom is 0.162 e. The summed E-state index contributed by atoms with van der Waals surface area (Å²) in [6.45, 7) is 9.24. The highest BCUT2D eigenvalue weighted by molar-refractivity contribution is 6.36. The van der Waals surface area contributed by atoms with E-state index in [9.17, 15) is 52.6 Å². The molecule has 3 aromatic carbocycles. The minimum absolute atomic E-state index is 0.163. The number of benzene rings is 3. The molecule has 9 aromatic rings. The van der Waals surface area contributed by atoms with Gasteiger partial charge in [0.15, 0.2) is 23.3 Å². The van der Waals surface area contributed by atoms with E-state index in [1.165, 1.54) is 41.0 Å². The first-order valence-electron chi connectivity index (χ1n) is 30.4. The molecule has 15 rings (SSSR count). The lowest BCUT2D eigenvalue weighted by atomic mass is 9.97. The number of ether oxygens (including phenoxy) is 3. The topological polar surface area (TPSA) is 278 Å². The van der Waals surface area contributed by atoms with E-state index in [1.54, 1.807) is 46.7 Å². The van der Waals surface area contributed by atoms with Crippen LogP contribution >= 0.6 is 11.6 Å². The number of aliphatic hydroxyl groups is 6. The summed E-state index contributed by atoms with van der Waals surface area (Å²) < 4.78 is 94.5. The van der Waals surface area contributed by atoms with E-state index in [0.717, 1.165) is 53.6 Å². The minimum Gasteiger partial charge on any atom is -0.487 e. The molecule has 6 aromatic heterocycles. The Morgan fingerprint density at radius 3 is 1.70 bits per heavy atom. The molecule has 0 spiro atoms. The van der Waals surface area contributed by atoms with Crippen molar-refractivity contribution in [3.8, 4) is 17.2 Å². The summed E-state index contributed by atoms with van der Waals surface area (Å²) in [5, 5.41) is 75.6. The van der Waals surface area contributed by atoms with Crippen molar-refractivity contribution in [3.63, 3.8) is 0 Å². The Bertz CT molecular complexity index is 4250. The number of nitrogens with one attached hydrogen (secondary N) is 3. The molecule has 3 aliphatic heterocycles. The van der Waals surface area contributed by atoms with Crippen LogP contribution in [0.25, 0.3) is 33.1 Å². The maximum absolute atomic E-state index is 14.6. The predicted molar refractivity (Wildman–Crippen MR) is 326 cm³/mol. The van der Waals surface area contributed by atoms with Crippen LogP contribution in [0.4, 0.5) is 27.6 Å². The summed E-state index contributed by atoms with van der Waals surface area (Å²) in [6, 6.07) is 9.72. The third-order valence-corrected chi connectivity index (χ3v) is 19.0. The van der Waals surface area contributed by atoms with Crippen LogP contribution in [0.15, 0.2) is 79.6 Å². The van der Waals surface area contributed by atoms with E-state index >= 15 is 0 Å². The number of aromatic nitrogens is 7. The van der Waals surface area contributed by atoms with Gasteiger partial charge >= 0.3 is 0 Å². The molecule has 91 heavy (non-hydrogen) atoms. The van der Waals surface area contributed by atoms with Crippen LogP contribution in [0, 0.1) is 49.9 Å². The SMILES string of the molecule is Cc1cc2c(c(O[C@H]3C[C@@H](n4cc(F)c5c(C)ccnc54)[C@H](O)[C@@H]3O)c1)CNCC2.Cc1ncc2c(F)cn([C@@H]3C[C@H](Oc4ccc(F)c5c4CNCC5)[C@@H](O)[C@H]3O)c2n1.Nc1ccnc2c1c(Cl)cn2[C@@H]1C[C@H](Oc2cc(F)c(F)c3c2CNCC3)[C@@H](O)[C@H]1O. The first-order valence-corrected chi connectivity index (χ1v) is 30.8. The van der Waals surface area contributed by atoms with E-state index in [4.69, 9.17) is 31.5 Å². The fourth-order valence-corrected chi connectivity index (χ4v) is 14.3. The number of aryl methyl sites for hydroxylation is 3. The standard InChI is InChI=1S/C23H26FN3O3.C21H21ClF2N4O3.C21H22F2N4O3/c1-12-7-14-4-5-25-10-15(14)18(8-12)30-19-9-17(21(28)22(19)29)27-11-16(24)20-13(2)3-6-26-23(20)27;22-11-8-28(21-17(11)13(25)2-4-27-21)14-6-16(20(30)19(14)29)31-15-5-12(23)18(24)9-1-3-26-7-10(9)15;1-10-25-8-13-15(23)9-27(21(13)26-10)16-6-18(20(29)19(16)28)30-17-3-2-14(22)11-4-5-24-7-12(11)17/h3,6-8,11,17,19,21-22,25,28-29H,4-5,9-10H2,1-2H3;2,4-5,8,14,16,19-20,26,29-30H,1,3,6-7H2,(H2,25,27);2-3,8-9,16,18-20,24,28-29H,4-7H2,1H3/t17-,19+,21+,22-;14-,16+,19+,20-;16-,18+,19+,20-/m111/s1. The number of aliphatic hydroxyl groups excluding tert-OH is 6. The Hall–Kier alpha value is -7.56. The van der Waals surface area contributed by atoms with Gasteiger partial charge in [0.2, 0.25) is 0 Å². The number of pyridine rings is 2. The van der Waals surface area contributed by atoms with Crippen LogP contribution in [0.5, 0.6) is 17.2 Å². The largest absolute Gasteiger partial charge is 0.487 e.